The molecule has 1 amide bonds. The fraction of sp³-hybridized carbons (Fsp3) is 0.500. The number of ether oxygens (including phenoxy) is 1. The maximum Gasteiger partial charge on any atom is 0.511 e. The Hall–Kier alpha value is -2.05. The van der Waals surface area contributed by atoms with Gasteiger partial charge in [0.1, 0.15) is 5.69 Å². The molecule has 1 aromatic rings. The van der Waals surface area contributed by atoms with Gasteiger partial charge >= 0.3 is 6.16 Å². The highest BCUT2D eigenvalue weighted by Crippen LogP contribution is 2.23. The second-order valence-electron chi connectivity index (χ2n) is 4.50. The summed E-state index contributed by atoms with van der Waals surface area (Å²) in [5.41, 5.74) is -0.274. The van der Waals surface area contributed by atoms with Gasteiger partial charge in [-0.25, -0.2) is 4.79 Å². The lowest BCUT2D eigenvalue weighted by Crippen LogP contribution is -2.40. The van der Waals surface area contributed by atoms with E-state index in [0.29, 0.717) is 0 Å². The highest BCUT2D eigenvalue weighted by Gasteiger charge is 2.26. The van der Waals surface area contributed by atoms with Gasteiger partial charge in [0.25, 0.3) is 11.7 Å². The summed E-state index contributed by atoms with van der Waals surface area (Å²) in [6.07, 6.45) is -1.53. The highest BCUT2D eigenvalue weighted by molar-refractivity contribution is 5.95. The van der Waals surface area contributed by atoms with Gasteiger partial charge in [-0.05, 0) is 27.7 Å². The minimum atomic E-state index is -1.53. The molecule has 94 valence electrons. The van der Waals surface area contributed by atoms with Crippen LogP contribution in [0, 0.1) is 6.92 Å². The largest absolute Gasteiger partial charge is 0.511 e. The van der Waals surface area contributed by atoms with Gasteiger partial charge < -0.3 is 19.7 Å². The predicted molar refractivity (Wildman–Crippen MR) is 57.1 cm³/mol. The van der Waals surface area contributed by atoms with Gasteiger partial charge in [0.2, 0.25) is 5.75 Å². The van der Waals surface area contributed by atoms with Gasteiger partial charge in [-0.3, -0.25) is 4.79 Å². The number of aryl methyl sites for hydroxylation is 1. The summed E-state index contributed by atoms with van der Waals surface area (Å²) in [5.74, 6) is -1.01. The summed E-state index contributed by atoms with van der Waals surface area (Å²) < 4.78 is 9.20. The molecule has 0 aromatic carbocycles. The van der Waals surface area contributed by atoms with Crippen LogP contribution in [0.5, 0.6) is 5.75 Å². The predicted octanol–water partition coefficient (Wildman–Crippen LogP) is 1.57. The minimum absolute atomic E-state index is 0.181. The summed E-state index contributed by atoms with van der Waals surface area (Å²) in [7, 11) is 0. The first-order chi connectivity index (χ1) is 7.70. The lowest BCUT2D eigenvalue weighted by Gasteiger charge is -2.19. The third-order valence-electron chi connectivity index (χ3n) is 1.69. The number of nitrogens with one attached hydrogen (secondary N) is 1. The van der Waals surface area contributed by atoms with Gasteiger partial charge in [0.05, 0.1) is 0 Å². The molecule has 0 saturated carbocycles. The number of rotatable bonds is 2. The Kier molecular flexibility index (Phi) is 3.40. The molecule has 0 saturated heterocycles. The lowest BCUT2D eigenvalue weighted by molar-refractivity contribution is 0.0876. The second kappa shape index (κ2) is 4.44. The molecule has 0 unspecified atom stereocenters. The van der Waals surface area contributed by atoms with Gasteiger partial charge in [-0.15, -0.1) is 0 Å². The van der Waals surface area contributed by atoms with Crippen molar-refractivity contribution in [1.82, 2.24) is 10.5 Å². The van der Waals surface area contributed by atoms with E-state index in [1.165, 1.54) is 6.92 Å². The molecule has 7 heteroatoms. The van der Waals surface area contributed by atoms with Crippen LogP contribution in [0.4, 0.5) is 4.79 Å². The maximum absolute atomic E-state index is 11.8. The molecule has 0 aliphatic heterocycles. The standard InChI is InChI=1S/C10H14N2O5/c1-5-6(16-9(14)15)7(17-12-5)8(13)11-10(2,3)4/h1-4H3,(H,11,13)(H,14,15). The third-order valence-corrected chi connectivity index (χ3v) is 1.69. The summed E-state index contributed by atoms with van der Waals surface area (Å²) in [4.78, 5) is 22.2. The molecule has 7 nitrogen and oxygen atoms in total. The van der Waals surface area contributed by atoms with Crippen LogP contribution >= 0.6 is 0 Å². The Morgan fingerprint density at radius 2 is 2.00 bits per heavy atom. The maximum atomic E-state index is 11.8. The van der Waals surface area contributed by atoms with Crippen LogP contribution in [0.3, 0.4) is 0 Å². The van der Waals surface area contributed by atoms with Gasteiger partial charge in [-0.2, -0.15) is 0 Å². The van der Waals surface area contributed by atoms with E-state index in [1.54, 1.807) is 20.8 Å². The number of hydrogen-bond acceptors (Lipinski definition) is 5. The second-order valence-corrected chi connectivity index (χ2v) is 4.50. The van der Waals surface area contributed by atoms with E-state index in [0.717, 1.165) is 0 Å². The smallest absolute Gasteiger partial charge is 0.449 e. The number of aromatic nitrogens is 1. The Labute approximate surface area is 97.7 Å². The van der Waals surface area contributed by atoms with Crippen LogP contribution < -0.4 is 10.1 Å². The molecular weight excluding hydrogens is 228 g/mol. The van der Waals surface area contributed by atoms with Crippen LogP contribution in [-0.2, 0) is 0 Å². The number of amides is 1. The van der Waals surface area contributed by atoms with E-state index in [9.17, 15) is 9.59 Å². The topological polar surface area (TPSA) is 102 Å². The van der Waals surface area contributed by atoms with Gasteiger partial charge in [0, 0.05) is 5.54 Å². The number of carbonyl (C=O) groups excluding carboxylic acids is 1. The molecule has 17 heavy (non-hydrogen) atoms. The zero-order chi connectivity index (χ0) is 13.2. The van der Waals surface area contributed by atoms with Crippen LogP contribution in [0.1, 0.15) is 37.0 Å². The van der Waals surface area contributed by atoms with Crippen molar-refractivity contribution in [2.45, 2.75) is 33.2 Å². The fourth-order valence-electron chi connectivity index (χ4n) is 1.11. The molecule has 0 bridgehead atoms. The molecule has 0 spiro atoms. The summed E-state index contributed by atoms with van der Waals surface area (Å²) >= 11 is 0. The molecule has 1 rings (SSSR count). The molecule has 0 atom stereocenters. The zero-order valence-corrected chi connectivity index (χ0v) is 10.0. The van der Waals surface area contributed by atoms with E-state index in [1.807, 2.05) is 0 Å². The van der Waals surface area contributed by atoms with Crippen molar-refractivity contribution in [1.29, 1.82) is 0 Å². The Bertz CT molecular complexity index is 444. The molecule has 1 aromatic heterocycles. The first kappa shape index (κ1) is 13.0. The van der Waals surface area contributed by atoms with E-state index < -0.39 is 17.6 Å². The minimum Gasteiger partial charge on any atom is -0.449 e. The van der Waals surface area contributed by atoms with Crippen LogP contribution in [0.2, 0.25) is 0 Å². The van der Waals surface area contributed by atoms with Crippen molar-refractivity contribution in [3.05, 3.63) is 11.5 Å². The van der Waals surface area contributed by atoms with Crippen molar-refractivity contribution in [3.8, 4) is 5.75 Å². The van der Waals surface area contributed by atoms with Crippen molar-refractivity contribution >= 4 is 12.1 Å². The van der Waals surface area contributed by atoms with Gasteiger partial charge in [-0.1, -0.05) is 5.16 Å². The molecule has 0 radical (unpaired) electrons. The molecule has 0 aliphatic carbocycles. The van der Waals surface area contributed by atoms with Crippen LogP contribution in [-0.4, -0.2) is 27.9 Å². The molecule has 0 fully saturated rings. The van der Waals surface area contributed by atoms with Crippen molar-refractivity contribution < 1.29 is 24.0 Å². The first-order valence-electron chi connectivity index (χ1n) is 4.90. The summed E-state index contributed by atoms with van der Waals surface area (Å²) in [6.45, 7) is 6.83. The fourth-order valence-corrected chi connectivity index (χ4v) is 1.11. The van der Waals surface area contributed by atoms with Crippen LogP contribution in [0.25, 0.3) is 0 Å². The normalized spacial score (nSPS) is 11.1. The monoisotopic (exact) mass is 242 g/mol. The van der Waals surface area contributed by atoms with E-state index in [4.69, 9.17) is 9.63 Å². The van der Waals surface area contributed by atoms with Crippen molar-refractivity contribution in [2.75, 3.05) is 0 Å². The molecule has 0 aliphatic rings. The van der Waals surface area contributed by atoms with Gasteiger partial charge in [0.15, 0.2) is 0 Å². The SMILES string of the molecule is Cc1noc(C(=O)NC(C)(C)C)c1OC(=O)O. The average molecular weight is 242 g/mol. The van der Waals surface area contributed by atoms with E-state index in [2.05, 4.69) is 15.2 Å². The van der Waals surface area contributed by atoms with E-state index >= 15 is 0 Å². The highest BCUT2D eigenvalue weighted by atomic mass is 16.7. The Morgan fingerprint density at radius 1 is 1.41 bits per heavy atom. The van der Waals surface area contributed by atoms with Crippen molar-refractivity contribution in [3.63, 3.8) is 0 Å². The summed E-state index contributed by atoms with van der Waals surface area (Å²) in [6, 6.07) is 0. The summed E-state index contributed by atoms with van der Waals surface area (Å²) in [5, 5.41) is 14.6. The number of carbonyl (C=O) groups is 2. The average Bonchev–Trinajstić information content (AvgIpc) is 2.44. The Balaban J connectivity index is 2.98. The molecule has 2 N–H and O–H groups in total. The zero-order valence-electron chi connectivity index (χ0n) is 10.0. The third kappa shape index (κ3) is 3.47. The molecule has 1 heterocycles. The Morgan fingerprint density at radius 3 is 2.47 bits per heavy atom. The van der Waals surface area contributed by atoms with E-state index in [-0.39, 0.29) is 17.2 Å². The number of nitrogens with zero attached hydrogens (tertiary/aromatic N) is 1. The lowest BCUT2D eigenvalue weighted by atomic mass is 10.1. The first-order valence-corrected chi connectivity index (χ1v) is 4.90. The quantitative estimate of drug-likeness (QED) is 0.763. The van der Waals surface area contributed by atoms with Crippen LogP contribution in [0.15, 0.2) is 4.52 Å². The molecular formula is C10H14N2O5. The number of hydrogen-bond donors (Lipinski definition) is 2. The number of carboxylic acid groups (broad SMARTS) is 1. The van der Waals surface area contributed by atoms with Crippen molar-refractivity contribution in [2.24, 2.45) is 0 Å².